The van der Waals surface area contributed by atoms with E-state index >= 15 is 0 Å². The minimum atomic E-state index is -3.87. The average Bonchev–Trinajstić information content (AvgIpc) is 3.12. The van der Waals surface area contributed by atoms with E-state index in [1.165, 1.54) is 23.1 Å². The number of nitrogens with one attached hydrogen (secondary N) is 1. The number of halogens is 2. The normalized spacial score (nSPS) is 18.4. The lowest BCUT2D eigenvalue weighted by Gasteiger charge is -2.29. The standard InChI is InChI=1S/C24H22F2N2O6S/c1-35(33,34)17-4-2-3-16(12-17)24(25,26)20(29)9-6-14-5-7-18-15(11-14)13-28(23(18)32)19-8-10-21(30)27-22(19)31/h2-5,7,11-12,19H,6,8-10,13H2,1H3,(H,27,30,31). The van der Waals surface area contributed by atoms with Crippen LogP contribution >= 0.6 is 0 Å². The predicted octanol–water partition coefficient (Wildman–Crippen LogP) is 2.14. The molecule has 2 aromatic rings. The molecular weight excluding hydrogens is 482 g/mol. The van der Waals surface area contributed by atoms with E-state index in [0.717, 1.165) is 18.4 Å². The van der Waals surface area contributed by atoms with E-state index in [1.54, 1.807) is 12.1 Å². The van der Waals surface area contributed by atoms with E-state index in [2.05, 4.69) is 5.32 Å². The Morgan fingerprint density at radius 2 is 1.89 bits per heavy atom. The first-order valence-electron chi connectivity index (χ1n) is 10.9. The van der Waals surface area contributed by atoms with Gasteiger partial charge in [0.2, 0.25) is 17.6 Å². The molecule has 0 saturated carbocycles. The molecule has 11 heteroatoms. The fraction of sp³-hybridized carbons (Fsp3) is 0.333. The second-order valence-electron chi connectivity index (χ2n) is 8.69. The molecule has 0 bridgehead atoms. The van der Waals surface area contributed by atoms with Crippen molar-refractivity contribution in [3.05, 3.63) is 64.7 Å². The Labute approximate surface area is 200 Å². The van der Waals surface area contributed by atoms with Crippen molar-refractivity contribution in [3.8, 4) is 0 Å². The van der Waals surface area contributed by atoms with Crippen molar-refractivity contribution in [1.29, 1.82) is 0 Å². The summed E-state index contributed by atoms with van der Waals surface area (Å²) in [7, 11) is -3.71. The number of nitrogens with zero attached hydrogens (tertiary/aromatic N) is 1. The Morgan fingerprint density at radius 3 is 2.57 bits per heavy atom. The number of imide groups is 1. The Bertz CT molecular complexity index is 1360. The maximum atomic E-state index is 14.8. The van der Waals surface area contributed by atoms with Crippen LogP contribution in [0.3, 0.4) is 0 Å². The molecule has 0 radical (unpaired) electrons. The summed E-state index contributed by atoms with van der Waals surface area (Å²) in [6, 6.07) is 8.16. The maximum absolute atomic E-state index is 14.8. The van der Waals surface area contributed by atoms with Crippen molar-refractivity contribution >= 4 is 33.3 Å². The van der Waals surface area contributed by atoms with Gasteiger partial charge in [-0.3, -0.25) is 24.5 Å². The number of hydrogen-bond donors (Lipinski definition) is 1. The van der Waals surface area contributed by atoms with Crippen LogP contribution < -0.4 is 5.32 Å². The second-order valence-corrected chi connectivity index (χ2v) is 10.7. The number of fused-ring (bicyclic) bond motifs is 1. The van der Waals surface area contributed by atoms with Crippen LogP contribution in [-0.2, 0) is 43.1 Å². The molecule has 35 heavy (non-hydrogen) atoms. The van der Waals surface area contributed by atoms with Crippen LogP contribution in [0.1, 0.15) is 46.3 Å². The van der Waals surface area contributed by atoms with Gasteiger partial charge in [-0.15, -0.1) is 0 Å². The second kappa shape index (κ2) is 8.95. The first-order chi connectivity index (χ1) is 16.4. The summed E-state index contributed by atoms with van der Waals surface area (Å²) in [5.74, 6) is -6.49. The molecule has 1 fully saturated rings. The van der Waals surface area contributed by atoms with E-state index in [1.807, 2.05) is 0 Å². The third-order valence-electron chi connectivity index (χ3n) is 6.20. The van der Waals surface area contributed by atoms with Gasteiger partial charge in [0.1, 0.15) is 6.04 Å². The molecule has 1 unspecified atom stereocenters. The van der Waals surface area contributed by atoms with Crippen LogP contribution in [0.25, 0.3) is 0 Å². The zero-order chi connectivity index (χ0) is 25.5. The number of carbonyl (C=O) groups is 4. The summed E-state index contributed by atoms with van der Waals surface area (Å²) in [5, 5.41) is 2.22. The maximum Gasteiger partial charge on any atom is 0.330 e. The van der Waals surface area contributed by atoms with Crippen molar-refractivity contribution in [2.75, 3.05) is 6.26 Å². The highest BCUT2D eigenvalue weighted by atomic mass is 32.2. The molecule has 3 amide bonds. The van der Waals surface area contributed by atoms with Crippen LogP contribution in [0.15, 0.2) is 47.4 Å². The van der Waals surface area contributed by atoms with Gasteiger partial charge in [-0.1, -0.05) is 24.3 Å². The fourth-order valence-electron chi connectivity index (χ4n) is 4.28. The number of benzene rings is 2. The molecular formula is C24H22F2N2O6S. The Kier molecular flexibility index (Phi) is 6.31. The zero-order valence-corrected chi connectivity index (χ0v) is 19.5. The summed E-state index contributed by atoms with van der Waals surface area (Å²) in [6.45, 7) is 0.136. The Balaban J connectivity index is 1.45. The van der Waals surface area contributed by atoms with Gasteiger partial charge in [0.15, 0.2) is 9.84 Å². The molecule has 2 heterocycles. The quantitative estimate of drug-likeness (QED) is 0.578. The molecule has 1 N–H and O–H groups in total. The number of alkyl halides is 2. The van der Waals surface area contributed by atoms with Gasteiger partial charge in [0.05, 0.1) is 4.90 Å². The predicted molar refractivity (Wildman–Crippen MR) is 119 cm³/mol. The number of carbonyl (C=O) groups excluding carboxylic acids is 4. The summed E-state index contributed by atoms with van der Waals surface area (Å²) < 4.78 is 52.9. The Hall–Kier alpha value is -3.47. The Morgan fingerprint density at radius 1 is 1.14 bits per heavy atom. The van der Waals surface area contributed by atoms with Crippen molar-refractivity contribution in [1.82, 2.24) is 10.2 Å². The molecule has 184 valence electrons. The van der Waals surface area contributed by atoms with Crippen LogP contribution in [0.4, 0.5) is 8.78 Å². The molecule has 4 rings (SSSR count). The molecule has 8 nitrogen and oxygen atoms in total. The summed E-state index contributed by atoms with van der Waals surface area (Å²) in [5.41, 5.74) is 0.866. The van der Waals surface area contributed by atoms with Crippen LogP contribution in [0.2, 0.25) is 0 Å². The lowest BCUT2D eigenvalue weighted by Crippen LogP contribution is -2.52. The number of amides is 3. The van der Waals surface area contributed by atoms with Gasteiger partial charge >= 0.3 is 5.92 Å². The van der Waals surface area contributed by atoms with Crippen LogP contribution in [0, 0.1) is 0 Å². The monoisotopic (exact) mass is 504 g/mol. The van der Waals surface area contributed by atoms with Crippen molar-refractivity contribution < 1.29 is 36.4 Å². The minimum Gasteiger partial charge on any atom is -0.322 e. The van der Waals surface area contributed by atoms with E-state index in [9.17, 15) is 36.4 Å². The molecule has 2 aromatic carbocycles. The number of hydrogen-bond acceptors (Lipinski definition) is 6. The van der Waals surface area contributed by atoms with Crippen LogP contribution in [0.5, 0.6) is 0 Å². The molecule has 1 saturated heterocycles. The number of sulfone groups is 1. The van der Waals surface area contributed by atoms with E-state index in [-0.39, 0.29) is 42.5 Å². The summed E-state index contributed by atoms with van der Waals surface area (Å²) in [6.07, 6.45) is 0.734. The third-order valence-corrected chi connectivity index (χ3v) is 7.31. The highest BCUT2D eigenvalue weighted by Crippen LogP contribution is 2.33. The summed E-state index contributed by atoms with van der Waals surface area (Å²) in [4.78, 5) is 49.7. The topological polar surface area (TPSA) is 118 Å². The lowest BCUT2D eigenvalue weighted by atomic mass is 9.97. The molecule has 0 aliphatic carbocycles. The molecule has 2 aliphatic heterocycles. The van der Waals surface area contributed by atoms with E-state index < -0.39 is 45.5 Å². The molecule has 0 spiro atoms. The summed E-state index contributed by atoms with van der Waals surface area (Å²) >= 11 is 0. The van der Waals surface area contributed by atoms with E-state index in [4.69, 9.17) is 0 Å². The third kappa shape index (κ3) is 4.86. The highest BCUT2D eigenvalue weighted by Gasteiger charge is 2.41. The number of piperidine rings is 1. The average molecular weight is 505 g/mol. The van der Waals surface area contributed by atoms with Gasteiger partial charge in [-0.05, 0) is 42.2 Å². The van der Waals surface area contributed by atoms with Gasteiger partial charge in [-0.25, -0.2) is 8.42 Å². The van der Waals surface area contributed by atoms with Crippen molar-refractivity contribution in [2.45, 2.75) is 49.1 Å². The molecule has 1 atom stereocenters. The van der Waals surface area contributed by atoms with Gasteiger partial charge in [0.25, 0.3) is 5.91 Å². The molecule has 2 aliphatic rings. The lowest BCUT2D eigenvalue weighted by molar-refractivity contribution is -0.144. The SMILES string of the molecule is CS(=O)(=O)c1cccc(C(F)(F)C(=O)CCc2ccc3c(c2)CN(C2CCC(=O)NC2=O)C3=O)c1. The van der Waals surface area contributed by atoms with Gasteiger partial charge in [0, 0.05) is 36.8 Å². The first-order valence-corrected chi connectivity index (χ1v) is 12.8. The first kappa shape index (κ1) is 24.6. The minimum absolute atomic E-state index is 0.0138. The zero-order valence-electron chi connectivity index (χ0n) is 18.7. The van der Waals surface area contributed by atoms with Crippen molar-refractivity contribution in [3.63, 3.8) is 0 Å². The molecule has 0 aromatic heterocycles. The largest absolute Gasteiger partial charge is 0.330 e. The number of rotatable bonds is 7. The number of ketones is 1. The van der Waals surface area contributed by atoms with Gasteiger partial charge < -0.3 is 4.90 Å². The van der Waals surface area contributed by atoms with Crippen LogP contribution in [-0.4, -0.2) is 49.1 Å². The van der Waals surface area contributed by atoms with E-state index in [0.29, 0.717) is 16.7 Å². The number of aryl methyl sites for hydroxylation is 1. The fourth-order valence-corrected chi connectivity index (χ4v) is 4.95. The van der Waals surface area contributed by atoms with Crippen molar-refractivity contribution in [2.24, 2.45) is 0 Å². The van der Waals surface area contributed by atoms with Gasteiger partial charge in [-0.2, -0.15) is 8.78 Å². The number of Topliss-reactive ketones (excluding diaryl/α,β-unsaturated/α-hetero) is 1. The smallest absolute Gasteiger partial charge is 0.322 e. The highest BCUT2D eigenvalue weighted by molar-refractivity contribution is 7.90.